The van der Waals surface area contributed by atoms with Gasteiger partial charge in [-0.2, -0.15) is 5.10 Å². The normalized spacial score (nSPS) is 20.1. The minimum Gasteiger partial charge on any atom is -0.496 e. The number of aromatic nitrogens is 3. The van der Waals surface area contributed by atoms with Gasteiger partial charge in [0, 0.05) is 19.5 Å². The fourth-order valence-electron chi connectivity index (χ4n) is 3.89. The Labute approximate surface area is 169 Å². The topological polar surface area (TPSA) is 108 Å². The van der Waals surface area contributed by atoms with E-state index >= 15 is 0 Å². The monoisotopic (exact) mass is 420 g/mol. The maximum Gasteiger partial charge on any atom is 0.239 e. The number of anilines is 1. The van der Waals surface area contributed by atoms with Crippen LogP contribution in [-0.4, -0.2) is 48.9 Å². The Morgan fingerprint density at radius 3 is 2.83 bits per heavy atom. The number of rotatable bonds is 7. The quantitative estimate of drug-likeness (QED) is 0.626. The van der Waals surface area contributed by atoms with Crippen LogP contribution >= 0.6 is 0 Å². The number of nitrogens with zero attached hydrogens (tertiary/aromatic N) is 3. The minimum absolute atomic E-state index is 0.128. The van der Waals surface area contributed by atoms with Crippen LogP contribution in [0.2, 0.25) is 0 Å². The number of nitrogens with one attached hydrogen (secondary N) is 1. The van der Waals surface area contributed by atoms with Crippen LogP contribution in [0.4, 0.5) is 5.82 Å². The molecule has 1 aromatic carbocycles. The Hall–Kier alpha value is -2.59. The third-order valence-corrected chi connectivity index (χ3v) is 7.12. The van der Waals surface area contributed by atoms with E-state index < -0.39 is 15.3 Å². The van der Waals surface area contributed by atoms with E-state index in [1.807, 2.05) is 24.4 Å². The molecule has 1 fully saturated rings. The van der Waals surface area contributed by atoms with Gasteiger partial charge in [-0.05, 0) is 36.6 Å². The molecular weight excluding hydrogens is 396 g/mol. The number of methoxy groups -OCH3 is 2. The van der Waals surface area contributed by atoms with Gasteiger partial charge >= 0.3 is 0 Å². The summed E-state index contributed by atoms with van der Waals surface area (Å²) in [6.07, 6.45) is 6.32. The Morgan fingerprint density at radius 1 is 1.28 bits per heavy atom. The predicted octanol–water partition coefficient (Wildman–Crippen LogP) is 2.78. The largest absolute Gasteiger partial charge is 0.496 e. The van der Waals surface area contributed by atoms with Gasteiger partial charge in [0.15, 0.2) is 11.4 Å². The number of sulfonamides is 1. The molecule has 0 saturated heterocycles. The first-order valence-corrected chi connectivity index (χ1v) is 11.0. The minimum atomic E-state index is -3.70. The molecule has 2 heterocycles. The van der Waals surface area contributed by atoms with E-state index in [0.717, 1.165) is 24.8 Å². The number of hydrogen-bond acceptors (Lipinski definition) is 7. The third kappa shape index (κ3) is 3.95. The molecule has 4 rings (SSSR count). The molecule has 0 spiro atoms. The van der Waals surface area contributed by atoms with E-state index in [0.29, 0.717) is 29.7 Å². The van der Waals surface area contributed by atoms with Crippen molar-refractivity contribution in [3.8, 4) is 5.75 Å². The van der Waals surface area contributed by atoms with Gasteiger partial charge in [0.1, 0.15) is 16.4 Å². The standard InChI is InChI=1S/C19H24N4O5S/c1-26-14-6-3-4-7-17(14)29(24,25)22-19-18-15(27-2)10-13(11-16(18)28-21-19)12-23-9-5-8-20-23/h5,8-11,14,17H,3-4,6-7,12H2,1-2H3,(H,21,22)/t14-,17+/m1/s1. The van der Waals surface area contributed by atoms with Crippen LogP contribution < -0.4 is 9.46 Å². The SMILES string of the molecule is COc1cc(Cn2cccn2)cc2onc(NS(=O)(=O)[C@H]3CCCC[C@H]3OC)c12. The molecule has 2 atom stereocenters. The van der Waals surface area contributed by atoms with Crippen LogP contribution in [0.5, 0.6) is 5.75 Å². The zero-order valence-electron chi connectivity index (χ0n) is 16.4. The van der Waals surface area contributed by atoms with Gasteiger partial charge < -0.3 is 14.0 Å². The molecule has 3 aromatic rings. The highest BCUT2D eigenvalue weighted by molar-refractivity contribution is 7.93. The molecule has 2 aromatic heterocycles. The van der Waals surface area contributed by atoms with Crippen molar-refractivity contribution in [2.75, 3.05) is 18.9 Å². The average molecular weight is 420 g/mol. The highest BCUT2D eigenvalue weighted by atomic mass is 32.2. The molecule has 0 unspecified atom stereocenters. The molecule has 10 heteroatoms. The third-order valence-electron chi connectivity index (χ3n) is 5.30. The molecule has 1 saturated carbocycles. The van der Waals surface area contributed by atoms with E-state index in [-0.39, 0.29) is 11.9 Å². The van der Waals surface area contributed by atoms with E-state index in [9.17, 15) is 8.42 Å². The van der Waals surface area contributed by atoms with Crippen LogP contribution in [0.3, 0.4) is 0 Å². The van der Waals surface area contributed by atoms with Gasteiger partial charge in [-0.25, -0.2) is 8.42 Å². The van der Waals surface area contributed by atoms with E-state index in [1.54, 1.807) is 18.0 Å². The molecule has 1 aliphatic rings. The van der Waals surface area contributed by atoms with Crippen LogP contribution in [0.25, 0.3) is 11.0 Å². The van der Waals surface area contributed by atoms with Gasteiger partial charge in [0.05, 0.1) is 19.8 Å². The van der Waals surface area contributed by atoms with Gasteiger partial charge in [0.2, 0.25) is 10.0 Å². The molecule has 156 valence electrons. The molecule has 9 nitrogen and oxygen atoms in total. The van der Waals surface area contributed by atoms with E-state index in [2.05, 4.69) is 15.0 Å². The van der Waals surface area contributed by atoms with E-state index in [4.69, 9.17) is 14.0 Å². The average Bonchev–Trinajstić information content (AvgIpc) is 3.37. The summed E-state index contributed by atoms with van der Waals surface area (Å²) in [6.45, 7) is 0.526. The Kier molecular flexibility index (Phi) is 5.46. The number of fused-ring (bicyclic) bond motifs is 1. The highest BCUT2D eigenvalue weighted by Gasteiger charge is 2.36. The molecule has 0 aliphatic heterocycles. The lowest BCUT2D eigenvalue weighted by molar-refractivity contribution is 0.0739. The van der Waals surface area contributed by atoms with Crippen LogP contribution in [0.15, 0.2) is 35.1 Å². The fourth-order valence-corrected chi connectivity index (χ4v) is 5.57. The summed E-state index contributed by atoms with van der Waals surface area (Å²) in [7, 11) is -0.625. The lowest BCUT2D eigenvalue weighted by Crippen LogP contribution is -2.41. The first kappa shape index (κ1) is 19.7. The van der Waals surface area contributed by atoms with E-state index in [1.165, 1.54) is 7.11 Å². The smallest absolute Gasteiger partial charge is 0.239 e. The first-order valence-electron chi connectivity index (χ1n) is 9.50. The van der Waals surface area contributed by atoms with Crippen LogP contribution in [0.1, 0.15) is 31.2 Å². The Balaban J connectivity index is 1.66. The molecular formula is C19H24N4O5S. The van der Waals surface area contributed by atoms with Crippen molar-refractivity contribution in [3.63, 3.8) is 0 Å². The number of ether oxygens (including phenoxy) is 2. The molecule has 29 heavy (non-hydrogen) atoms. The van der Waals surface area contributed by atoms with Gasteiger partial charge in [-0.1, -0.05) is 18.0 Å². The van der Waals surface area contributed by atoms with Gasteiger partial charge in [-0.15, -0.1) is 0 Å². The lowest BCUT2D eigenvalue weighted by Gasteiger charge is -2.29. The van der Waals surface area contributed by atoms with Crippen molar-refractivity contribution in [1.82, 2.24) is 14.9 Å². The predicted molar refractivity (Wildman–Crippen MR) is 107 cm³/mol. The molecule has 0 amide bonds. The maximum atomic E-state index is 13.0. The summed E-state index contributed by atoms with van der Waals surface area (Å²) in [6, 6.07) is 5.48. The Bertz CT molecular complexity index is 1080. The fraction of sp³-hybridized carbons (Fsp3) is 0.474. The summed E-state index contributed by atoms with van der Waals surface area (Å²) in [4.78, 5) is 0. The summed E-state index contributed by atoms with van der Waals surface area (Å²) >= 11 is 0. The Morgan fingerprint density at radius 2 is 2.10 bits per heavy atom. The summed E-state index contributed by atoms with van der Waals surface area (Å²) in [5, 5.41) is 8.02. The van der Waals surface area contributed by atoms with Crippen molar-refractivity contribution in [1.29, 1.82) is 0 Å². The summed E-state index contributed by atoms with van der Waals surface area (Å²) in [5.41, 5.74) is 1.34. The zero-order chi connectivity index (χ0) is 20.4. The second-order valence-electron chi connectivity index (χ2n) is 7.15. The molecule has 0 radical (unpaired) electrons. The van der Waals surface area contributed by atoms with Gasteiger partial charge in [0.25, 0.3) is 0 Å². The maximum absolute atomic E-state index is 13.0. The first-order chi connectivity index (χ1) is 14.0. The molecule has 1 N–H and O–H groups in total. The van der Waals surface area contributed by atoms with Crippen LogP contribution in [0, 0.1) is 0 Å². The second-order valence-corrected chi connectivity index (χ2v) is 9.05. The van der Waals surface area contributed by atoms with Crippen LogP contribution in [-0.2, 0) is 21.3 Å². The summed E-state index contributed by atoms with van der Waals surface area (Å²) < 4.78 is 46.7. The molecule has 0 bridgehead atoms. The van der Waals surface area contributed by atoms with Crippen molar-refractivity contribution < 1.29 is 22.4 Å². The van der Waals surface area contributed by atoms with Crippen molar-refractivity contribution >= 4 is 26.8 Å². The second kappa shape index (κ2) is 8.03. The van der Waals surface area contributed by atoms with Crippen molar-refractivity contribution in [2.24, 2.45) is 0 Å². The summed E-state index contributed by atoms with van der Waals surface area (Å²) in [5.74, 6) is 0.610. The zero-order valence-corrected chi connectivity index (χ0v) is 17.2. The van der Waals surface area contributed by atoms with Crippen molar-refractivity contribution in [3.05, 3.63) is 36.2 Å². The number of benzene rings is 1. The number of hydrogen-bond donors (Lipinski definition) is 1. The van der Waals surface area contributed by atoms with Crippen molar-refractivity contribution in [2.45, 2.75) is 43.6 Å². The van der Waals surface area contributed by atoms with Gasteiger partial charge in [-0.3, -0.25) is 9.40 Å². The lowest BCUT2D eigenvalue weighted by atomic mass is 9.97. The highest BCUT2D eigenvalue weighted by Crippen LogP contribution is 2.35. The molecule has 1 aliphatic carbocycles.